The van der Waals surface area contributed by atoms with E-state index in [1.165, 1.54) is 16.7 Å². The van der Waals surface area contributed by atoms with E-state index in [4.69, 9.17) is 23.2 Å². The second kappa shape index (κ2) is 8.13. The number of anilines is 1. The first-order valence-electron chi connectivity index (χ1n) is 8.25. The minimum absolute atomic E-state index is 0.0805. The molecule has 0 radical (unpaired) electrons. The topological polar surface area (TPSA) is 62.3 Å². The zero-order chi connectivity index (χ0) is 19.7. The van der Waals surface area contributed by atoms with Crippen LogP contribution in [0.4, 0.5) is 5.69 Å². The molecule has 0 atom stereocenters. The number of para-hydroxylation sites is 1. The number of nitrogens with zero attached hydrogens (tertiary/aromatic N) is 2. The van der Waals surface area contributed by atoms with Gasteiger partial charge in [0.2, 0.25) is 11.8 Å². The van der Waals surface area contributed by atoms with E-state index in [-0.39, 0.29) is 18.4 Å². The maximum Gasteiger partial charge on any atom is 0.244 e. The van der Waals surface area contributed by atoms with Gasteiger partial charge in [-0.3, -0.25) is 14.5 Å². The average Bonchev–Trinajstić information content (AvgIpc) is 3.22. The molecule has 9 heteroatoms. The van der Waals surface area contributed by atoms with Crippen molar-refractivity contribution in [2.24, 2.45) is 0 Å². The van der Waals surface area contributed by atoms with Crippen LogP contribution in [0.25, 0.3) is 16.3 Å². The molecule has 0 saturated carbocycles. The summed E-state index contributed by atoms with van der Waals surface area (Å²) in [5.74, 6) is -0.123. The summed E-state index contributed by atoms with van der Waals surface area (Å²) < 4.78 is 1.08. The van der Waals surface area contributed by atoms with E-state index >= 15 is 0 Å². The van der Waals surface area contributed by atoms with Crippen LogP contribution in [0.2, 0.25) is 10.0 Å². The van der Waals surface area contributed by atoms with Gasteiger partial charge < -0.3 is 5.32 Å². The van der Waals surface area contributed by atoms with Gasteiger partial charge in [0.15, 0.2) is 0 Å². The van der Waals surface area contributed by atoms with Gasteiger partial charge in [-0.05, 0) is 30.3 Å². The lowest BCUT2D eigenvalue weighted by Crippen LogP contribution is -2.33. The van der Waals surface area contributed by atoms with Gasteiger partial charge in [-0.1, -0.05) is 47.1 Å². The average molecular weight is 450 g/mol. The van der Waals surface area contributed by atoms with Crippen molar-refractivity contribution in [3.05, 3.63) is 62.5 Å². The molecule has 4 rings (SSSR count). The molecule has 1 fully saturated rings. The Labute approximate surface area is 179 Å². The van der Waals surface area contributed by atoms with Gasteiger partial charge in [0.25, 0.3) is 0 Å². The van der Waals surface area contributed by atoms with Crippen LogP contribution in [0.15, 0.2) is 47.5 Å². The molecule has 28 heavy (non-hydrogen) atoms. The molecular formula is C19H13Cl2N3O2S2. The molecule has 3 aromatic rings. The molecular weight excluding hydrogens is 437 g/mol. The molecule has 0 bridgehead atoms. The lowest BCUT2D eigenvalue weighted by Gasteiger charge is -2.16. The predicted octanol–water partition coefficient (Wildman–Crippen LogP) is 5.12. The summed E-state index contributed by atoms with van der Waals surface area (Å²) in [6, 6.07) is 12.7. The molecule has 2 amide bonds. The van der Waals surface area contributed by atoms with Crippen LogP contribution in [0.1, 0.15) is 5.01 Å². The minimum Gasteiger partial charge on any atom is -0.324 e. The third-order valence-electron chi connectivity index (χ3n) is 3.97. The summed E-state index contributed by atoms with van der Waals surface area (Å²) in [6.07, 6.45) is 1.85. The number of carbonyl (C=O) groups excluding carboxylic acids is 2. The summed E-state index contributed by atoms with van der Waals surface area (Å²) in [4.78, 5) is 30.7. The van der Waals surface area contributed by atoms with Crippen LogP contribution in [-0.4, -0.2) is 34.0 Å². The molecule has 1 aromatic heterocycles. The number of halogens is 2. The van der Waals surface area contributed by atoms with E-state index in [1.807, 2.05) is 30.3 Å². The molecule has 1 saturated heterocycles. The van der Waals surface area contributed by atoms with Crippen molar-refractivity contribution in [3.63, 3.8) is 0 Å². The number of fused-ring (bicyclic) bond motifs is 1. The molecule has 1 N–H and O–H groups in total. The van der Waals surface area contributed by atoms with E-state index in [1.54, 1.807) is 29.5 Å². The number of benzene rings is 2. The summed E-state index contributed by atoms with van der Waals surface area (Å²) in [5, 5.41) is 5.01. The number of rotatable bonds is 4. The summed E-state index contributed by atoms with van der Waals surface area (Å²) >= 11 is 14.8. The molecule has 2 aromatic carbocycles. The van der Waals surface area contributed by atoms with Gasteiger partial charge in [-0.15, -0.1) is 11.3 Å². The Kier molecular flexibility index (Phi) is 5.59. The molecule has 2 heterocycles. The minimum atomic E-state index is -0.315. The highest BCUT2D eigenvalue weighted by molar-refractivity contribution is 8.04. The zero-order valence-electron chi connectivity index (χ0n) is 14.3. The number of amides is 2. The van der Waals surface area contributed by atoms with Gasteiger partial charge >= 0.3 is 0 Å². The predicted molar refractivity (Wildman–Crippen MR) is 117 cm³/mol. The van der Waals surface area contributed by atoms with Crippen LogP contribution in [0.3, 0.4) is 0 Å². The Bertz CT molecular complexity index is 1080. The second-order valence-corrected chi connectivity index (χ2v) is 8.82. The van der Waals surface area contributed by atoms with Gasteiger partial charge in [-0.2, -0.15) is 0 Å². The third-order valence-corrected chi connectivity index (χ3v) is 6.72. The first-order valence-corrected chi connectivity index (χ1v) is 10.8. The highest BCUT2D eigenvalue weighted by atomic mass is 35.5. The second-order valence-electron chi connectivity index (χ2n) is 5.95. The fourth-order valence-corrected chi connectivity index (χ4v) is 4.90. The van der Waals surface area contributed by atoms with E-state index in [9.17, 15) is 9.59 Å². The van der Waals surface area contributed by atoms with Crippen molar-refractivity contribution in [3.8, 4) is 0 Å². The number of carbonyl (C=O) groups is 2. The maximum atomic E-state index is 12.4. The maximum absolute atomic E-state index is 12.4. The number of aromatic nitrogens is 1. The van der Waals surface area contributed by atoms with Crippen molar-refractivity contribution in [2.75, 3.05) is 17.6 Å². The summed E-state index contributed by atoms with van der Waals surface area (Å²) in [7, 11) is 0. The summed E-state index contributed by atoms with van der Waals surface area (Å²) in [5.41, 5.74) is 1.44. The molecule has 142 valence electrons. The molecule has 0 spiro atoms. The van der Waals surface area contributed by atoms with Gasteiger partial charge in [0.05, 0.1) is 31.0 Å². The quantitative estimate of drug-likeness (QED) is 0.600. The number of hydrogen-bond acceptors (Lipinski definition) is 5. The summed E-state index contributed by atoms with van der Waals surface area (Å²) in [6.45, 7) is -0.0805. The lowest BCUT2D eigenvalue weighted by molar-refractivity contribution is -0.129. The molecule has 0 unspecified atom stereocenters. The smallest absolute Gasteiger partial charge is 0.244 e. The normalized spacial score (nSPS) is 15.6. The highest BCUT2D eigenvalue weighted by Crippen LogP contribution is 2.33. The number of nitrogens with one attached hydrogen (secondary N) is 1. The molecule has 5 nitrogen and oxygen atoms in total. The Hall–Kier alpha value is -2.06. The van der Waals surface area contributed by atoms with Gasteiger partial charge in [-0.25, -0.2) is 4.98 Å². The van der Waals surface area contributed by atoms with Crippen molar-refractivity contribution in [1.82, 2.24) is 9.88 Å². The van der Waals surface area contributed by atoms with Crippen molar-refractivity contribution in [2.45, 2.75) is 0 Å². The van der Waals surface area contributed by atoms with Crippen molar-refractivity contribution >= 4 is 80.1 Å². The molecule has 1 aliphatic heterocycles. The Balaban J connectivity index is 1.50. The first kappa shape index (κ1) is 19.3. The molecule has 1 aliphatic rings. The SMILES string of the molecule is O=C(CN1C(=O)CSC1=Cc1nc2ccccc2s1)Nc1ccc(Cl)c(Cl)c1. The van der Waals surface area contributed by atoms with Crippen molar-refractivity contribution in [1.29, 1.82) is 0 Å². The van der Waals surface area contributed by atoms with Crippen molar-refractivity contribution < 1.29 is 9.59 Å². The van der Waals surface area contributed by atoms with Gasteiger partial charge in [0, 0.05) is 11.8 Å². The first-order chi connectivity index (χ1) is 13.5. The van der Waals surface area contributed by atoms with Crippen LogP contribution < -0.4 is 5.32 Å². The van der Waals surface area contributed by atoms with Crippen LogP contribution in [0, 0.1) is 0 Å². The number of thiazole rings is 1. The van der Waals surface area contributed by atoms with E-state index in [0.717, 1.165) is 15.2 Å². The van der Waals surface area contributed by atoms with E-state index in [0.29, 0.717) is 26.5 Å². The molecule has 0 aliphatic carbocycles. The largest absolute Gasteiger partial charge is 0.324 e. The standard InChI is InChI=1S/C19H13Cl2N3O2S2/c20-12-6-5-11(7-13(12)21)22-16(25)9-24-18(26)10-27-19(24)8-17-23-14-3-1-2-4-15(14)28-17/h1-8H,9-10H2,(H,22,25). The Morgan fingerprint density at radius 1 is 1.21 bits per heavy atom. The Morgan fingerprint density at radius 3 is 2.82 bits per heavy atom. The fourth-order valence-electron chi connectivity index (χ4n) is 2.68. The zero-order valence-corrected chi connectivity index (χ0v) is 17.5. The van der Waals surface area contributed by atoms with Crippen LogP contribution >= 0.6 is 46.3 Å². The monoisotopic (exact) mass is 449 g/mol. The van der Waals surface area contributed by atoms with Gasteiger partial charge in [0.1, 0.15) is 11.6 Å². The van der Waals surface area contributed by atoms with Crippen LogP contribution in [0.5, 0.6) is 0 Å². The lowest BCUT2D eigenvalue weighted by atomic mass is 10.3. The van der Waals surface area contributed by atoms with Crippen LogP contribution in [-0.2, 0) is 9.59 Å². The highest BCUT2D eigenvalue weighted by Gasteiger charge is 2.28. The Morgan fingerprint density at radius 2 is 2.04 bits per heavy atom. The van der Waals surface area contributed by atoms with E-state index < -0.39 is 0 Å². The number of thioether (sulfide) groups is 1. The van der Waals surface area contributed by atoms with E-state index in [2.05, 4.69) is 10.3 Å². The third kappa shape index (κ3) is 4.17. The fraction of sp³-hybridized carbons (Fsp3) is 0.105. The number of hydrogen-bond donors (Lipinski definition) is 1.